The molecule has 0 aromatic carbocycles. The topological polar surface area (TPSA) is 25.2 Å². The first-order valence-corrected chi connectivity index (χ1v) is 6.67. The predicted octanol–water partition coefficient (Wildman–Crippen LogP) is 4.41. The first-order valence-electron chi connectivity index (χ1n) is 6.30. The summed E-state index contributed by atoms with van der Waals surface area (Å²) in [5.74, 6) is -2.46. The smallest absolute Gasteiger partial charge is 0.248 e. The molecule has 0 saturated heterocycles. The number of halogens is 3. The molecule has 0 bridgehead atoms. The van der Waals surface area contributed by atoms with Gasteiger partial charge in [0, 0.05) is 24.4 Å². The number of hydrogen-bond donors (Lipinski definition) is 1. The van der Waals surface area contributed by atoms with Gasteiger partial charge in [0.2, 0.25) is 5.92 Å². The molecule has 0 aliphatic heterocycles. The van der Waals surface area contributed by atoms with Crippen LogP contribution in [0, 0.1) is 5.92 Å². The molecule has 5 heteroatoms. The lowest BCUT2D eigenvalue weighted by atomic mass is 9.82. The summed E-state index contributed by atoms with van der Waals surface area (Å²) >= 11 is 5.93. The Morgan fingerprint density at radius 3 is 2.94 bits per heavy atom. The molecule has 1 saturated carbocycles. The van der Waals surface area contributed by atoms with Crippen molar-refractivity contribution in [1.82, 2.24) is 5.32 Å². The molecule has 2 atom stereocenters. The van der Waals surface area contributed by atoms with Gasteiger partial charge in [-0.15, -0.1) is 0 Å². The zero-order valence-corrected chi connectivity index (χ0v) is 11.1. The molecule has 1 heterocycles. The van der Waals surface area contributed by atoms with Crippen LogP contribution in [0.2, 0.25) is 5.22 Å². The van der Waals surface area contributed by atoms with Gasteiger partial charge in [0.15, 0.2) is 5.22 Å². The summed E-state index contributed by atoms with van der Waals surface area (Å²) in [6.45, 7) is 0. The summed E-state index contributed by atoms with van der Waals surface area (Å²) in [7, 11) is 1.81. The highest BCUT2D eigenvalue weighted by molar-refractivity contribution is 6.29. The fraction of sp³-hybridized carbons (Fsp3) is 0.692. The molecule has 1 aromatic heterocycles. The molecule has 0 spiro atoms. The Bertz CT molecular complexity index is 394. The Kier molecular flexibility index (Phi) is 4.28. The monoisotopic (exact) mass is 277 g/mol. The van der Waals surface area contributed by atoms with Gasteiger partial charge in [-0.25, -0.2) is 8.78 Å². The van der Waals surface area contributed by atoms with Crippen LogP contribution in [0.1, 0.15) is 43.7 Å². The maximum atomic E-state index is 13.4. The van der Waals surface area contributed by atoms with Crippen molar-refractivity contribution in [2.75, 3.05) is 7.05 Å². The fourth-order valence-electron chi connectivity index (χ4n) is 2.76. The van der Waals surface area contributed by atoms with Crippen LogP contribution in [0.4, 0.5) is 8.78 Å². The minimum atomic E-state index is -2.50. The molecule has 1 aliphatic carbocycles. The number of hydrogen-bond acceptors (Lipinski definition) is 2. The van der Waals surface area contributed by atoms with Crippen LogP contribution < -0.4 is 5.32 Å². The highest BCUT2D eigenvalue weighted by atomic mass is 35.5. The minimum Gasteiger partial charge on any atom is -0.453 e. The number of furan rings is 1. The van der Waals surface area contributed by atoms with E-state index in [2.05, 4.69) is 5.32 Å². The van der Waals surface area contributed by atoms with Gasteiger partial charge < -0.3 is 9.73 Å². The van der Waals surface area contributed by atoms with E-state index in [1.807, 2.05) is 7.05 Å². The van der Waals surface area contributed by atoms with E-state index in [1.54, 1.807) is 6.07 Å². The van der Waals surface area contributed by atoms with Crippen molar-refractivity contribution in [2.45, 2.75) is 44.1 Å². The molecule has 2 rings (SSSR count). The van der Waals surface area contributed by atoms with E-state index in [0.29, 0.717) is 18.1 Å². The van der Waals surface area contributed by atoms with Gasteiger partial charge in [0.25, 0.3) is 0 Å². The highest BCUT2D eigenvalue weighted by Crippen LogP contribution is 2.41. The van der Waals surface area contributed by atoms with Crippen LogP contribution in [0.3, 0.4) is 0 Å². The summed E-state index contributed by atoms with van der Waals surface area (Å²) in [6, 6.07) is 1.78. The minimum absolute atomic E-state index is 0.0132. The second kappa shape index (κ2) is 5.57. The summed E-state index contributed by atoms with van der Waals surface area (Å²) < 4.78 is 31.8. The lowest BCUT2D eigenvalue weighted by Crippen LogP contribution is -2.29. The molecule has 2 unspecified atom stereocenters. The SMILES string of the molecule is CNC(CC1CCCC(F)(F)C1)c1ccoc1Cl. The van der Waals surface area contributed by atoms with Crippen molar-refractivity contribution < 1.29 is 13.2 Å². The Labute approximate surface area is 111 Å². The number of rotatable bonds is 4. The molecule has 1 N–H and O–H groups in total. The van der Waals surface area contributed by atoms with Crippen molar-refractivity contribution >= 4 is 11.6 Å². The average molecular weight is 278 g/mol. The molecule has 0 radical (unpaired) electrons. The first-order chi connectivity index (χ1) is 8.52. The number of nitrogens with one attached hydrogen (secondary N) is 1. The largest absolute Gasteiger partial charge is 0.453 e. The van der Waals surface area contributed by atoms with Gasteiger partial charge in [-0.1, -0.05) is 0 Å². The van der Waals surface area contributed by atoms with Crippen molar-refractivity contribution in [3.8, 4) is 0 Å². The summed E-state index contributed by atoms with van der Waals surface area (Å²) in [6.07, 6.45) is 3.68. The maximum absolute atomic E-state index is 13.4. The van der Waals surface area contributed by atoms with Crippen LogP contribution in [0.25, 0.3) is 0 Å². The van der Waals surface area contributed by atoms with Crippen molar-refractivity contribution in [3.63, 3.8) is 0 Å². The summed E-state index contributed by atoms with van der Waals surface area (Å²) in [4.78, 5) is 0. The standard InChI is InChI=1S/C13H18ClF2NO/c1-17-11(10-4-6-18-12(10)14)7-9-3-2-5-13(15,16)8-9/h4,6,9,11,17H,2-3,5,7-8H2,1H3. The van der Waals surface area contributed by atoms with Gasteiger partial charge in [0.05, 0.1) is 6.26 Å². The summed E-state index contributed by atoms with van der Waals surface area (Å²) in [5.41, 5.74) is 0.855. The third-order valence-corrected chi connectivity index (χ3v) is 3.99. The van der Waals surface area contributed by atoms with Crippen LogP contribution in [0.5, 0.6) is 0 Å². The molecule has 0 amide bonds. The lowest BCUT2D eigenvalue weighted by molar-refractivity contribution is -0.0547. The van der Waals surface area contributed by atoms with Crippen molar-refractivity contribution in [2.24, 2.45) is 5.92 Å². The molecule has 1 fully saturated rings. The second-order valence-corrected chi connectivity index (χ2v) is 5.39. The maximum Gasteiger partial charge on any atom is 0.248 e. The molecular formula is C13H18ClF2NO. The summed E-state index contributed by atoms with van der Waals surface area (Å²) in [5, 5.41) is 3.47. The van der Waals surface area contributed by atoms with Gasteiger partial charge in [-0.2, -0.15) is 0 Å². The lowest BCUT2D eigenvalue weighted by Gasteiger charge is -2.31. The second-order valence-electron chi connectivity index (χ2n) is 5.04. The van der Waals surface area contributed by atoms with E-state index in [9.17, 15) is 8.78 Å². The van der Waals surface area contributed by atoms with E-state index in [-0.39, 0.29) is 24.8 Å². The van der Waals surface area contributed by atoms with Crippen molar-refractivity contribution in [3.05, 3.63) is 23.1 Å². The van der Waals surface area contributed by atoms with Crippen LogP contribution >= 0.6 is 11.6 Å². The van der Waals surface area contributed by atoms with Crippen LogP contribution in [-0.4, -0.2) is 13.0 Å². The van der Waals surface area contributed by atoms with E-state index in [4.69, 9.17) is 16.0 Å². The Balaban J connectivity index is 2.01. The quantitative estimate of drug-likeness (QED) is 0.882. The van der Waals surface area contributed by atoms with Gasteiger partial charge in [-0.05, 0) is 49.9 Å². The zero-order valence-electron chi connectivity index (χ0n) is 10.4. The predicted molar refractivity (Wildman–Crippen MR) is 67.0 cm³/mol. The number of alkyl halides is 2. The van der Waals surface area contributed by atoms with E-state index in [0.717, 1.165) is 12.0 Å². The average Bonchev–Trinajstić information content (AvgIpc) is 2.71. The third-order valence-electron chi connectivity index (χ3n) is 3.68. The molecule has 102 valence electrons. The van der Waals surface area contributed by atoms with E-state index >= 15 is 0 Å². The Morgan fingerprint density at radius 2 is 2.39 bits per heavy atom. The Hall–Kier alpha value is -0.610. The molecule has 1 aliphatic rings. The fourth-order valence-corrected chi connectivity index (χ4v) is 3.01. The zero-order chi connectivity index (χ0) is 13.2. The van der Waals surface area contributed by atoms with Crippen LogP contribution in [-0.2, 0) is 0 Å². The highest BCUT2D eigenvalue weighted by Gasteiger charge is 2.37. The molecule has 1 aromatic rings. The molecule has 2 nitrogen and oxygen atoms in total. The normalized spacial score (nSPS) is 25.0. The molecular weight excluding hydrogens is 260 g/mol. The van der Waals surface area contributed by atoms with E-state index < -0.39 is 5.92 Å². The Morgan fingerprint density at radius 1 is 1.61 bits per heavy atom. The molecule has 18 heavy (non-hydrogen) atoms. The van der Waals surface area contributed by atoms with E-state index in [1.165, 1.54) is 6.26 Å². The third kappa shape index (κ3) is 3.23. The van der Waals surface area contributed by atoms with Crippen molar-refractivity contribution in [1.29, 1.82) is 0 Å². The van der Waals surface area contributed by atoms with Gasteiger partial charge >= 0.3 is 0 Å². The van der Waals surface area contributed by atoms with Gasteiger partial charge in [0.1, 0.15) is 0 Å². The first kappa shape index (κ1) is 13.8. The van der Waals surface area contributed by atoms with Gasteiger partial charge in [-0.3, -0.25) is 0 Å². The van der Waals surface area contributed by atoms with Crippen LogP contribution in [0.15, 0.2) is 16.7 Å².